The molecule has 3 rings (SSSR count). The Balaban J connectivity index is 1.55. The van der Waals surface area contributed by atoms with Crippen LogP contribution in [0.1, 0.15) is 33.6 Å². The minimum absolute atomic E-state index is 0.0450. The highest BCUT2D eigenvalue weighted by Gasteiger charge is 2.31. The maximum Gasteiger partial charge on any atom is 0.417 e. The number of rotatable bonds is 4. The van der Waals surface area contributed by atoms with Crippen molar-refractivity contribution in [3.05, 3.63) is 11.6 Å². The molecule has 1 aromatic rings. The van der Waals surface area contributed by atoms with E-state index in [-0.39, 0.29) is 12.5 Å². The Morgan fingerprint density at radius 1 is 1.17 bits per heavy atom. The van der Waals surface area contributed by atoms with Crippen molar-refractivity contribution in [3.8, 4) is 0 Å². The van der Waals surface area contributed by atoms with Gasteiger partial charge in [-0.2, -0.15) is 0 Å². The summed E-state index contributed by atoms with van der Waals surface area (Å²) in [6.45, 7) is 10.9. The van der Waals surface area contributed by atoms with E-state index in [2.05, 4.69) is 21.8 Å². The molecule has 3 heterocycles. The number of nitrogens with zero attached hydrogens (tertiary/aromatic N) is 5. The molecule has 0 atom stereocenters. The van der Waals surface area contributed by atoms with Crippen LogP contribution in [0, 0.1) is 0 Å². The van der Waals surface area contributed by atoms with Crippen LogP contribution in [0.5, 0.6) is 0 Å². The van der Waals surface area contributed by atoms with Gasteiger partial charge in [0, 0.05) is 43.8 Å². The molecule has 162 valence electrons. The standard InChI is InChI=1S/C20H33N5O3S/c1-20(2,3)28-19(27)25(18-21-7-14-29-18)15-17(26)24-12-10-23(11-13-24)16-5-8-22(4)9-6-16/h7,14,16H,5-6,8-13,15H2,1-4H3. The van der Waals surface area contributed by atoms with Gasteiger partial charge in [-0.1, -0.05) is 0 Å². The second kappa shape index (κ2) is 9.40. The first-order valence-electron chi connectivity index (χ1n) is 10.3. The number of hydrogen-bond donors (Lipinski definition) is 0. The number of anilines is 1. The molecule has 1 aromatic heterocycles. The quantitative estimate of drug-likeness (QED) is 0.739. The van der Waals surface area contributed by atoms with Gasteiger partial charge < -0.3 is 14.5 Å². The highest BCUT2D eigenvalue weighted by Crippen LogP contribution is 2.22. The molecule has 0 N–H and O–H groups in total. The molecule has 2 aliphatic heterocycles. The van der Waals surface area contributed by atoms with Crippen LogP contribution in [0.3, 0.4) is 0 Å². The van der Waals surface area contributed by atoms with Crippen molar-refractivity contribution in [1.29, 1.82) is 0 Å². The van der Waals surface area contributed by atoms with Gasteiger partial charge >= 0.3 is 6.09 Å². The second-order valence-corrected chi connectivity index (χ2v) is 9.71. The van der Waals surface area contributed by atoms with E-state index < -0.39 is 11.7 Å². The first-order chi connectivity index (χ1) is 13.7. The van der Waals surface area contributed by atoms with Crippen molar-refractivity contribution >= 4 is 28.5 Å². The number of thiazole rings is 1. The van der Waals surface area contributed by atoms with Gasteiger partial charge in [-0.25, -0.2) is 14.7 Å². The van der Waals surface area contributed by atoms with E-state index in [0.29, 0.717) is 24.3 Å². The normalized spacial score (nSPS) is 19.9. The fraction of sp³-hybridized carbons (Fsp3) is 0.750. The zero-order chi connectivity index (χ0) is 21.0. The predicted octanol–water partition coefficient (Wildman–Crippen LogP) is 2.12. The van der Waals surface area contributed by atoms with E-state index in [0.717, 1.165) is 26.2 Å². The molecule has 2 saturated heterocycles. The maximum atomic E-state index is 12.9. The largest absolute Gasteiger partial charge is 0.443 e. The average Bonchev–Trinajstić information content (AvgIpc) is 3.19. The number of carbonyl (C=O) groups is 2. The van der Waals surface area contributed by atoms with Crippen LogP contribution < -0.4 is 4.90 Å². The van der Waals surface area contributed by atoms with Gasteiger partial charge in [-0.05, 0) is 53.8 Å². The first kappa shape index (κ1) is 22.0. The number of ether oxygens (including phenoxy) is 1. The van der Waals surface area contributed by atoms with Gasteiger partial charge in [0.1, 0.15) is 12.1 Å². The molecule has 2 amide bonds. The van der Waals surface area contributed by atoms with Crippen LogP contribution >= 0.6 is 11.3 Å². The third-order valence-corrected chi connectivity index (χ3v) is 6.22. The molecule has 2 aliphatic rings. The minimum atomic E-state index is -0.630. The third-order valence-electron chi connectivity index (χ3n) is 5.43. The zero-order valence-electron chi connectivity index (χ0n) is 18.0. The van der Waals surface area contributed by atoms with Gasteiger partial charge in [0.2, 0.25) is 5.91 Å². The number of piperazine rings is 1. The molecule has 0 saturated carbocycles. The fourth-order valence-electron chi connectivity index (χ4n) is 3.81. The lowest BCUT2D eigenvalue weighted by molar-refractivity contribution is -0.132. The number of likely N-dealkylation sites (tertiary alicyclic amines) is 1. The van der Waals surface area contributed by atoms with Crippen LogP contribution in [0.4, 0.5) is 9.93 Å². The lowest BCUT2D eigenvalue weighted by Crippen LogP contribution is -2.55. The summed E-state index contributed by atoms with van der Waals surface area (Å²) in [6.07, 6.45) is 3.48. The van der Waals surface area contributed by atoms with E-state index in [1.807, 2.05) is 25.7 Å². The molecular formula is C20H33N5O3S. The second-order valence-electron chi connectivity index (χ2n) is 8.83. The summed E-state index contributed by atoms with van der Waals surface area (Å²) in [5.74, 6) is -0.0610. The van der Waals surface area contributed by atoms with E-state index in [4.69, 9.17) is 4.74 Å². The summed E-state index contributed by atoms with van der Waals surface area (Å²) in [5.41, 5.74) is -0.630. The molecule has 8 nitrogen and oxygen atoms in total. The van der Waals surface area contributed by atoms with Crippen molar-refractivity contribution in [1.82, 2.24) is 19.7 Å². The van der Waals surface area contributed by atoms with Crippen molar-refractivity contribution < 1.29 is 14.3 Å². The van der Waals surface area contributed by atoms with Gasteiger partial charge in [0.15, 0.2) is 5.13 Å². The summed E-state index contributed by atoms with van der Waals surface area (Å²) in [5, 5.41) is 2.27. The van der Waals surface area contributed by atoms with Crippen LogP contribution in [-0.4, -0.2) is 96.2 Å². The van der Waals surface area contributed by atoms with E-state index in [1.165, 1.54) is 29.1 Å². The highest BCUT2D eigenvalue weighted by molar-refractivity contribution is 7.13. The summed E-state index contributed by atoms with van der Waals surface area (Å²) >= 11 is 1.32. The van der Waals surface area contributed by atoms with Gasteiger partial charge in [0.25, 0.3) is 0 Å². The van der Waals surface area contributed by atoms with Crippen molar-refractivity contribution in [2.75, 3.05) is 57.8 Å². The molecule has 0 aliphatic carbocycles. The third kappa shape index (κ3) is 6.13. The number of piperidine rings is 1. The topological polar surface area (TPSA) is 69.2 Å². The molecule has 2 fully saturated rings. The number of amides is 2. The SMILES string of the molecule is CN1CCC(N2CCN(C(=O)CN(C(=O)OC(C)(C)C)c3nccs3)CC2)CC1. The van der Waals surface area contributed by atoms with Crippen LogP contribution in [0.25, 0.3) is 0 Å². The monoisotopic (exact) mass is 423 g/mol. The molecular weight excluding hydrogens is 390 g/mol. The van der Waals surface area contributed by atoms with Crippen molar-refractivity contribution in [2.24, 2.45) is 0 Å². The van der Waals surface area contributed by atoms with E-state index in [1.54, 1.807) is 11.6 Å². The molecule has 0 aromatic carbocycles. The molecule has 0 unspecified atom stereocenters. The van der Waals surface area contributed by atoms with Gasteiger partial charge in [-0.15, -0.1) is 11.3 Å². The van der Waals surface area contributed by atoms with Gasteiger partial charge in [-0.3, -0.25) is 9.69 Å². The average molecular weight is 424 g/mol. The lowest BCUT2D eigenvalue weighted by atomic mass is 10.0. The Morgan fingerprint density at radius 3 is 2.38 bits per heavy atom. The Kier molecular flexibility index (Phi) is 7.13. The summed E-state index contributed by atoms with van der Waals surface area (Å²) in [7, 11) is 2.17. The Morgan fingerprint density at radius 2 is 1.83 bits per heavy atom. The number of carbonyl (C=O) groups excluding carboxylic acids is 2. The predicted molar refractivity (Wildman–Crippen MR) is 114 cm³/mol. The molecule has 0 bridgehead atoms. The first-order valence-corrected chi connectivity index (χ1v) is 11.2. The maximum absolute atomic E-state index is 12.9. The molecule has 9 heteroatoms. The summed E-state index contributed by atoms with van der Waals surface area (Å²) < 4.78 is 5.49. The Labute approximate surface area is 177 Å². The van der Waals surface area contributed by atoms with Crippen molar-refractivity contribution in [2.45, 2.75) is 45.3 Å². The Bertz CT molecular complexity index is 675. The molecule has 0 spiro atoms. The molecule has 29 heavy (non-hydrogen) atoms. The summed E-state index contributed by atoms with van der Waals surface area (Å²) in [6, 6.07) is 0.622. The molecule has 0 radical (unpaired) electrons. The zero-order valence-corrected chi connectivity index (χ0v) is 18.8. The van der Waals surface area contributed by atoms with E-state index in [9.17, 15) is 9.59 Å². The van der Waals surface area contributed by atoms with Crippen LogP contribution in [0.2, 0.25) is 0 Å². The van der Waals surface area contributed by atoms with Crippen LogP contribution in [0.15, 0.2) is 11.6 Å². The van der Waals surface area contributed by atoms with E-state index >= 15 is 0 Å². The minimum Gasteiger partial charge on any atom is -0.443 e. The lowest BCUT2D eigenvalue weighted by Gasteiger charge is -2.42. The Hall–Kier alpha value is -1.71. The highest BCUT2D eigenvalue weighted by atomic mass is 32.1. The smallest absolute Gasteiger partial charge is 0.417 e. The van der Waals surface area contributed by atoms with Crippen LogP contribution in [-0.2, 0) is 9.53 Å². The number of hydrogen-bond acceptors (Lipinski definition) is 7. The number of aromatic nitrogens is 1. The van der Waals surface area contributed by atoms with Gasteiger partial charge in [0.05, 0.1) is 0 Å². The van der Waals surface area contributed by atoms with Crippen molar-refractivity contribution in [3.63, 3.8) is 0 Å². The summed E-state index contributed by atoms with van der Waals surface area (Å²) in [4.78, 5) is 37.9. The fourth-order valence-corrected chi connectivity index (χ4v) is 4.44.